The number of hydrogen-bond acceptors (Lipinski definition) is 4. The van der Waals surface area contributed by atoms with Gasteiger partial charge in [-0.15, -0.1) is 11.8 Å². The van der Waals surface area contributed by atoms with Gasteiger partial charge in [0.15, 0.2) is 0 Å². The molecule has 1 fully saturated rings. The van der Waals surface area contributed by atoms with Crippen LogP contribution in [0.3, 0.4) is 0 Å². The summed E-state index contributed by atoms with van der Waals surface area (Å²) in [7, 11) is 0. The van der Waals surface area contributed by atoms with Crippen LogP contribution in [0.5, 0.6) is 0 Å². The maximum atomic E-state index is 12.4. The minimum absolute atomic E-state index is 0.0304. The average Bonchev–Trinajstić information content (AvgIpc) is 3.02. The molecule has 0 aliphatic carbocycles. The molecule has 24 heavy (non-hydrogen) atoms. The van der Waals surface area contributed by atoms with E-state index in [0.29, 0.717) is 18.5 Å². The molecular formula is C18H25N3O2S. The number of amides is 2. The van der Waals surface area contributed by atoms with Crippen molar-refractivity contribution >= 4 is 29.3 Å². The lowest BCUT2D eigenvalue weighted by molar-refractivity contribution is -0.127. The molecule has 1 aromatic rings. The summed E-state index contributed by atoms with van der Waals surface area (Å²) in [4.78, 5) is 29.4. The van der Waals surface area contributed by atoms with Gasteiger partial charge in [-0.2, -0.15) is 0 Å². The molecule has 0 radical (unpaired) electrons. The number of hydrogen-bond donors (Lipinski definition) is 1. The summed E-state index contributed by atoms with van der Waals surface area (Å²) in [5, 5.41) is 2.98. The Morgan fingerprint density at radius 3 is 2.92 bits per heavy atom. The minimum Gasteiger partial charge on any atom is -0.370 e. The van der Waals surface area contributed by atoms with E-state index in [1.54, 1.807) is 0 Å². The second-order valence-electron chi connectivity index (χ2n) is 6.20. The zero-order valence-electron chi connectivity index (χ0n) is 14.2. The number of nitrogens with zero attached hydrogens (tertiary/aromatic N) is 2. The van der Waals surface area contributed by atoms with E-state index in [9.17, 15) is 9.59 Å². The Bertz CT molecular complexity index is 620. The van der Waals surface area contributed by atoms with Crippen molar-refractivity contribution in [2.24, 2.45) is 0 Å². The number of nitrogens with one attached hydrogen (secondary N) is 1. The van der Waals surface area contributed by atoms with Gasteiger partial charge in [-0.1, -0.05) is 0 Å². The average molecular weight is 347 g/mol. The molecule has 1 N–H and O–H groups in total. The summed E-state index contributed by atoms with van der Waals surface area (Å²) < 4.78 is 0. The quantitative estimate of drug-likeness (QED) is 0.803. The lowest BCUT2D eigenvalue weighted by atomic mass is 10.1. The number of carbonyl (C=O) groups excluding carboxylic acids is 2. The van der Waals surface area contributed by atoms with Crippen molar-refractivity contribution in [2.75, 3.05) is 43.4 Å². The van der Waals surface area contributed by atoms with Crippen LogP contribution in [-0.4, -0.2) is 55.2 Å². The van der Waals surface area contributed by atoms with E-state index in [4.69, 9.17) is 0 Å². The normalized spacial score (nSPS) is 17.1. The predicted molar refractivity (Wildman–Crippen MR) is 97.8 cm³/mol. The van der Waals surface area contributed by atoms with Gasteiger partial charge in [-0.3, -0.25) is 9.59 Å². The Hall–Kier alpha value is -1.69. The van der Waals surface area contributed by atoms with Gasteiger partial charge >= 0.3 is 0 Å². The van der Waals surface area contributed by atoms with E-state index in [-0.39, 0.29) is 11.8 Å². The van der Waals surface area contributed by atoms with Crippen LogP contribution in [0.25, 0.3) is 0 Å². The molecule has 0 saturated carbocycles. The van der Waals surface area contributed by atoms with E-state index in [1.807, 2.05) is 28.8 Å². The van der Waals surface area contributed by atoms with Gasteiger partial charge in [0, 0.05) is 55.4 Å². The first-order chi connectivity index (χ1) is 11.7. The number of thioether (sulfide) groups is 1. The highest BCUT2D eigenvalue weighted by molar-refractivity contribution is 7.99. The van der Waals surface area contributed by atoms with Crippen LogP contribution >= 0.6 is 11.8 Å². The third-order valence-corrected chi connectivity index (χ3v) is 5.67. The van der Waals surface area contributed by atoms with Crippen LogP contribution in [-0.2, 0) is 4.79 Å². The van der Waals surface area contributed by atoms with Crippen LogP contribution < -0.4 is 10.2 Å². The van der Waals surface area contributed by atoms with Crippen LogP contribution in [0.15, 0.2) is 23.1 Å². The fourth-order valence-electron chi connectivity index (χ4n) is 3.26. The number of likely N-dealkylation sites (tertiary alicyclic amines) is 1. The summed E-state index contributed by atoms with van der Waals surface area (Å²) in [6.07, 6.45) is 2.44. The molecular weight excluding hydrogens is 322 g/mol. The summed E-state index contributed by atoms with van der Waals surface area (Å²) in [6.45, 7) is 6.34. The molecule has 0 spiro atoms. The maximum Gasteiger partial charge on any atom is 0.251 e. The fourth-order valence-corrected chi connectivity index (χ4v) is 4.29. The number of benzene rings is 1. The van der Waals surface area contributed by atoms with Crippen molar-refractivity contribution in [1.82, 2.24) is 10.2 Å². The highest BCUT2D eigenvalue weighted by Gasteiger charge is 2.20. The second-order valence-corrected chi connectivity index (χ2v) is 7.34. The zero-order valence-corrected chi connectivity index (χ0v) is 15.0. The third-order valence-electron chi connectivity index (χ3n) is 4.62. The molecule has 2 amide bonds. The molecule has 130 valence electrons. The van der Waals surface area contributed by atoms with Gasteiger partial charge in [0.2, 0.25) is 5.91 Å². The third kappa shape index (κ3) is 3.86. The molecule has 0 unspecified atom stereocenters. The fraction of sp³-hybridized carbons (Fsp3) is 0.556. The van der Waals surface area contributed by atoms with E-state index in [2.05, 4.69) is 23.2 Å². The van der Waals surface area contributed by atoms with Crippen molar-refractivity contribution in [2.45, 2.75) is 31.1 Å². The molecule has 0 bridgehead atoms. The molecule has 1 saturated heterocycles. The van der Waals surface area contributed by atoms with E-state index >= 15 is 0 Å². The van der Waals surface area contributed by atoms with Gasteiger partial charge in [0.1, 0.15) is 0 Å². The largest absolute Gasteiger partial charge is 0.370 e. The summed E-state index contributed by atoms with van der Waals surface area (Å²) in [6, 6.07) is 5.97. The summed E-state index contributed by atoms with van der Waals surface area (Å²) in [5.41, 5.74) is 1.89. The van der Waals surface area contributed by atoms with Gasteiger partial charge in [-0.25, -0.2) is 0 Å². The second kappa shape index (κ2) is 7.92. The van der Waals surface area contributed by atoms with Gasteiger partial charge < -0.3 is 15.1 Å². The maximum absolute atomic E-state index is 12.4. The molecule has 0 atom stereocenters. The Balaban J connectivity index is 1.52. The highest BCUT2D eigenvalue weighted by Crippen LogP contribution is 2.35. The van der Waals surface area contributed by atoms with Crippen molar-refractivity contribution in [3.63, 3.8) is 0 Å². The Labute approximate surface area is 147 Å². The highest BCUT2D eigenvalue weighted by atomic mass is 32.2. The number of rotatable bonds is 6. The van der Waals surface area contributed by atoms with Gasteiger partial charge in [-0.05, 0) is 38.0 Å². The van der Waals surface area contributed by atoms with E-state index < -0.39 is 0 Å². The van der Waals surface area contributed by atoms with Crippen molar-refractivity contribution in [3.05, 3.63) is 23.8 Å². The first-order valence-electron chi connectivity index (χ1n) is 8.77. The molecule has 2 aliphatic rings. The predicted octanol–water partition coefficient (Wildman–Crippen LogP) is 2.36. The van der Waals surface area contributed by atoms with Crippen molar-refractivity contribution in [3.8, 4) is 0 Å². The van der Waals surface area contributed by atoms with Gasteiger partial charge in [0.25, 0.3) is 5.91 Å². The zero-order chi connectivity index (χ0) is 16.9. The summed E-state index contributed by atoms with van der Waals surface area (Å²) >= 11 is 1.85. The Morgan fingerprint density at radius 1 is 1.29 bits per heavy atom. The van der Waals surface area contributed by atoms with Gasteiger partial charge in [0.05, 0.1) is 5.69 Å². The SMILES string of the molecule is CCN1CCSc2ccc(C(=O)NCCCN3CCCC3=O)cc21. The van der Waals surface area contributed by atoms with Crippen LogP contribution in [0.2, 0.25) is 0 Å². The first kappa shape index (κ1) is 17.1. The smallest absolute Gasteiger partial charge is 0.251 e. The number of anilines is 1. The summed E-state index contributed by atoms with van der Waals surface area (Å²) in [5.74, 6) is 1.31. The Morgan fingerprint density at radius 2 is 2.17 bits per heavy atom. The van der Waals surface area contributed by atoms with Crippen molar-refractivity contribution < 1.29 is 9.59 Å². The molecule has 3 rings (SSSR count). The minimum atomic E-state index is -0.0304. The van der Waals surface area contributed by atoms with Crippen LogP contribution in [0.1, 0.15) is 36.5 Å². The molecule has 2 heterocycles. The Kier molecular flexibility index (Phi) is 5.66. The van der Waals surface area contributed by atoms with Crippen LogP contribution in [0.4, 0.5) is 5.69 Å². The molecule has 0 aromatic heterocycles. The first-order valence-corrected chi connectivity index (χ1v) is 9.75. The molecule has 1 aromatic carbocycles. The van der Waals surface area contributed by atoms with E-state index in [1.165, 1.54) is 10.6 Å². The number of fused-ring (bicyclic) bond motifs is 1. The molecule has 2 aliphatic heterocycles. The van der Waals surface area contributed by atoms with Crippen molar-refractivity contribution in [1.29, 1.82) is 0 Å². The monoisotopic (exact) mass is 347 g/mol. The lowest BCUT2D eigenvalue weighted by Crippen LogP contribution is -2.31. The molecule has 5 nitrogen and oxygen atoms in total. The standard InChI is InChI=1S/C18H25N3O2S/c1-2-20-11-12-24-16-7-6-14(13-15(16)20)18(23)19-8-4-10-21-9-3-5-17(21)22/h6-7,13H,2-5,8-12H2,1H3,(H,19,23). The van der Waals surface area contributed by atoms with Crippen LogP contribution in [0, 0.1) is 0 Å². The number of carbonyl (C=O) groups is 2. The topological polar surface area (TPSA) is 52.7 Å². The lowest BCUT2D eigenvalue weighted by Gasteiger charge is -2.30. The van der Waals surface area contributed by atoms with E-state index in [0.717, 1.165) is 44.8 Å². The molecule has 6 heteroatoms.